The van der Waals surface area contributed by atoms with Crippen molar-refractivity contribution in [2.24, 2.45) is 0 Å². The number of ether oxygens (including phenoxy) is 2. The second-order valence-corrected chi connectivity index (χ2v) is 7.48. The highest BCUT2D eigenvalue weighted by molar-refractivity contribution is 6.30. The molecule has 0 aromatic heterocycles. The maximum absolute atomic E-state index is 14.7. The number of hydrogen-bond donors (Lipinski definition) is 1. The van der Waals surface area contributed by atoms with Gasteiger partial charge in [-0.2, -0.15) is 13.2 Å². The molecule has 1 atom stereocenters. The molecule has 3 rings (SSSR count). The zero-order valence-electron chi connectivity index (χ0n) is 17.8. The van der Waals surface area contributed by atoms with Gasteiger partial charge >= 0.3 is 18.2 Å². The summed E-state index contributed by atoms with van der Waals surface area (Å²) in [6.07, 6.45) is -5.15. The lowest BCUT2D eigenvalue weighted by molar-refractivity contribution is -0.189. The molecule has 0 fully saturated rings. The van der Waals surface area contributed by atoms with Gasteiger partial charge in [-0.15, -0.1) is 5.73 Å². The number of anilines is 1. The van der Waals surface area contributed by atoms with Crippen molar-refractivity contribution in [1.29, 1.82) is 0 Å². The monoisotopic (exact) mass is 480 g/mol. The summed E-state index contributed by atoms with van der Waals surface area (Å²) in [5, 5.41) is 1.96. The summed E-state index contributed by atoms with van der Waals surface area (Å²) in [6.45, 7) is 4.46. The fraction of sp³-hybridized carbons (Fsp3) is 0.261. The van der Waals surface area contributed by atoms with Crippen LogP contribution in [-0.2, 0) is 21.6 Å². The Balaban J connectivity index is 2.21. The zero-order valence-corrected chi connectivity index (χ0v) is 18.5. The Morgan fingerprint density at radius 3 is 2.45 bits per heavy atom. The van der Waals surface area contributed by atoms with Crippen molar-refractivity contribution in [3.05, 3.63) is 76.5 Å². The van der Waals surface area contributed by atoms with Crippen molar-refractivity contribution in [3.8, 4) is 5.75 Å². The Hall–Kier alpha value is -3.42. The van der Waals surface area contributed by atoms with Gasteiger partial charge in [0.2, 0.25) is 5.54 Å². The van der Waals surface area contributed by atoms with Gasteiger partial charge in [0.1, 0.15) is 11.3 Å². The Morgan fingerprint density at radius 1 is 1.24 bits per heavy atom. The van der Waals surface area contributed by atoms with Gasteiger partial charge in [-0.25, -0.2) is 9.59 Å². The Labute approximate surface area is 193 Å². The molecule has 6 nitrogen and oxygen atoms in total. The lowest BCUT2D eigenvalue weighted by Gasteiger charge is -2.44. The van der Waals surface area contributed by atoms with E-state index >= 15 is 0 Å². The number of benzene rings is 2. The highest BCUT2D eigenvalue weighted by Gasteiger charge is 2.65. The van der Waals surface area contributed by atoms with E-state index in [-0.39, 0.29) is 23.9 Å². The van der Waals surface area contributed by atoms with Crippen molar-refractivity contribution in [3.63, 3.8) is 0 Å². The maximum atomic E-state index is 14.7. The number of esters is 1. The molecule has 10 heteroatoms. The zero-order chi connectivity index (χ0) is 24.4. The number of fused-ring (bicyclic) bond motifs is 1. The molecule has 0 radical (unpaired) electrons. The third-order valence-corrected chi connectivity index (χ3v) is 5.38. The number of rotatable bonds is 6. The number of urea groups is 1. The van der Waals surface area contributed by atoms with Gasteiger partial charge in [0, 0.05) is 10.6 Å². The number of carbonyl (C=O) groups is 2. The van der Waals surface area contributed by atoms with E-state index in [4.69, 9.17) is 21.1 Å². The fourth-order valence-electron chi connectivity index (χ4n) is 3.64. The van der Waals surface area contributed by atoms with Crippen LogP contribution < -0.4 is 15.0 Å². The number of nitrogens with zero attached hydrogens (tertiary/aromatic N) is 1. The number of halogens is 4. The topological polar surface area (TPSA) is 67.9 Å². The summed E-state index contributed by atoms with van der Waals surface area (Å²) < 4.78 is 53.9. The highest BCUT2D eigenvalue weighted by Crippen LogP contribution is 2.50. The molecule has 1 aliphatic heterocycles. The van der Waals surface area contributed by atoms with Crippen LogP contribution in [0.4, 0.5) is 23.7 Å². The molecule has 174 valence electrons. The quantitative estimate of drug-likeness (QED) is 0.354. The van der Waals surface area contributed by atoms with Crippen LogP contribution in [0.2, 0.25) is 5.02 Å². The first-order valence-electron chi connectivity index (χ1n) is 9.76. The minimum absolute atomic E-state index is 0.0183. The van der Waals surface area contributed by atoms with Crippen LogP contribution in [0.15, 0.2) is 60.3 Å². The molecule has 1 unspecified atom stereocenters. The summed E-state index contributed by atoms with van der Waals surface area (Å²) in [5.41, 5.74) is -2.09. The summed E-state index contributed by atoms with van der Waals surface area (Å²) in [5.74, 6) is -0.722. The third-order valence-electron chi connectivity index (χ3n) is 5.15. The van der Waals surface area contributed by atoms with Crippen LogP contribution in [0.3, 0.4) is 0 Å². The van der Waals surface area contributed by atoms with Crippen molar-refractivity contribution in [1.82, 2.24) is 5.32 Å². The Bertz CT molecular complexity index is 1130. The van der Waals surface area contributed by atoms with Crippen LogP contribution in [-0.4, -0.2) is 31.9 Å². The van der Waals surface area contributed by atoms with Gasteiger partial charge in [-0.05, 0) is 42.8 Å². The average molecular weight is 481 g/mol. The molecule has 2 amide bonds. The van der Waals surface area contributed by atoms with Crippen LogP contribution >= 0.6 is 11.6 Å². The van der Waals surface area contributed by atoms with Crippen molar-refractivity contribution in [2.45, 2.75) is 25.2 Å². The lowest BCUT2D eigenvalue weighted by Crippen LogP contribution is -2.64. The minimum Gasteiger partial charge on any atom is -0.497 e. The number of amides is 2. The van der Waals surface area contributed by atoms with E-state index < -0.39 is 34.9 Å². The molecule has 1 N–H and O–H groups in total. The summed E-state index contributed by atoms with van der Waals surface area (Å²) in [6, 6.07) is 9.34. The fourth-order valence-corrected chi connectivity index (χ4v) is 3.81. The normalized spacial score (nSPS) is 17.5. The Morgan fingerprint density at radius 2 is 1.91 bits per heavy atom. The van der Waals surface area contributed by atoms with E-state index in [2.05, 4.69) is 6.58 Å². The minimum atomic E-state index is -5.15. The molecule has 0 spiro atoms. The standard InChI is InChI=1S/C23H20ClF3N2O4/c1-4-17(20(30)33-5-2)22(23(25,26)27)18-12-15(24)8-11-19(18)29(21(31)28-22)13-14-6-9-16(32-3)10-7-14/h6-12H,1,5,13H2,2-3H3,(H,28,31). The SMILES string of the molecule is C=C=C(C(=O)OCC)C1(C(F)(F)F)NC(=O)N(Cc2ccc(OC)cc2)c2ccc(Cl)cc21. The highest BCUT2D eigenvalue weighted by atomic mass is 35.5. The average Bonchev–Trinajstić information content (AvgIpc) is 2.76. The molecule has 1 aliphatic rings. The molecule has 0 aliphatic carbocycles. The van der Waals surface area contributed by atoms with E-state index in [1.807, 2.05) is 11.0 Å². The first kappa shape index (κ1) is 24.2. The predicted octanol–water partition coefficient (Wildman–Crippen LogP) is 5.11. The largest absolute Gasteiger partial charge is 0.497 e. The molecule has 0 saturated carbocycles. The van der Waals surface area contributed by atoms with E-state index in [9.17, 15) is 22.8 Å². The summed E-state index contributed by atoms with van der Waals surface area (Å²) >= 11 is 6.05. The molecule has 33 heavy (non-hydrogen) atoms. The van der Waals surface area contributed by atoms with Crippen molar-refractivity contribution < 1.29 is 32.2 Å². The van der Waals surface area contributed by atoms with Crippen LogP contribution in [0.1, 0.15) is 18.1 Å². The molecular weight excluding hydrogens is 461 g/mol. The first-order valence-corrected chi connectivity index (χ1v) is 10.1. The molecule has 0 saturated heterocycles. The smallest absolute Gasteiger partial charge is 0.421 e. The molecule has 2 aromatic rings. The summed E-state index contributed by atoms with van der Waals surface area (Å²) in [7, 11) is 1.50. The van der Waals surface area contributed by atoms with Crippen LogP contribution in [0, 0.1) is 0 Å². The maximum Gasteiger partial charge on any atom is 0.421 e. The van der Waals surface area contributed by atoms with Gasteiger partial charge in [0.15, 0.2) is 0 Å². The second-order valence-electron chi connectivity index (χ2n) is 7.05. The van der Waals surface area contributed by atoms with Gasteiger partial charge in [-0.1, -0.05) is 30.3 Å². The van der Waals surface area contributed by atoms with Crippen molar-refractivity contribution >= 4 is 29.3 Å². The van der Waals surface area contributed by atoms with Gasteiger partial charge in [-0.3, -0.25) is 4.90 Å². The van der Waals surface area contributed by atoms with Gasteiger partial charge in [0.25, 0.3) is 0 Å². The molecule has 2 aromatic carbocycles. The van der Waals surface area contributed by atoms with Gasteiger partial charge < -0.3 is 14.8 Å². The molecule has 0 bridgehead atoms. The second kappa shape index (κ2) is 9.21. The van der Waals surface area contributed by atoms with Crippen molar-refractivity contribution in [2.75, 3.05) is 18.6 Å². The lowest BCUT2D eigenvalue weighted by atomic mass is 9.79. The predicted molar refractivity (Wildman–Crippen MR) is 116 cm³/mol. The Kier molecular flexibility index (Phi) is 6.76. The third kappa shape index (κ3) is 4.29. The van der Waals surface area contributed by atoms with E-state index in [0.717, 1.165) is 11.0 Å². The van der Waals surface area contributed by atoms with Crippen LogP contribution in [0.5, 0.6) is 5.75 Å². The van der Waals surface area contributed by atoms with Gasteiger partial charge in [0.05, 0.1) is 25.9 Å². The number of carbonyl (C=O) groups excluding carboxylic acids is 2. The van der Waals surface area contributed by atoms with E-state index in [1.165, 1.54) is 26.2 Å². The number of hydrogen-bond acceptors (Lipinski definition) is 4. The number of alkyl halides is 3. The first-order chi connectivity index (χ1) is 15.6. The molecule has 1 heterocycles. The summed E-state index contributed by atoms with van der Waals surface area (Å²) in [4.78, 5) is 26.7. The molecular formula is C23H20ClF3N2O4. The van der Waals surface area contributed by atoms with Crippen LogP contribution in [0.25, 0.3) is 0 Å². The number of nitrogens with one attached hydrogen (secondary N) is 1. The van der Waals surface area contributed by atoms with E-state index in [1.54, 1.807) is 24.3 Å². The van der Waals surface area contributed by atoms with E-state index in [0.29, 0.717) is 11.3 Å². The number of methoxy groups -OCH3 is 1.